The molecule has 2 saturated heterocycles. The van der Waals surface area contributed by atoms with Crippen LogP contribution in [0.5, 0.6) is 0 Å². The molecule has 190 valence electrons. The molecule has 0 aromatic heterocycles. The van der Waals surface area contributed by atoms with Crippen LogP contribution in [0, 0.1) is 5.92 Å². The first kappa shape index (κ1) is 26.2. The molecule has 2 aliphatic rings. The zero-order chi connectivity index (χ0) is 25.1. The van der Waals surface area contributed by atoms with Crippen LogP contribution in [0.15, 0.2) is 60.7 Å². The summed E-state index contributed by atoms with van der Waals surface area (Å²) in [7, 11) is -0.935. The van der Waals surface area contributed by atoms with Crippen molar-refractivity contribution in [3.63, 3.8) is 0 Å². The summed E-state index contributed by atoms with van der Waals surface area (Å²) in [5.74, 6) is -0.579. The van der Waals surface area contributed by atoms with Crippen molar-refractivity contribution in [2.24, 2.45) is 5.92 Å². The summed E-state index contributed by atoms with van der Waals surface area (Å²) in [6, 6.07) is 21.4. The van der Waals surface area contributed by atoms with Crippen molar-refractivity contribution >= 4 is 25.0 Å². The molecule has 2 heterocycles. The maximum absolute atomic E-state index is 11.0. The highest BCUT2D eigenvalue weighted by atomic mass is 28.4. The lowest BCUT2D eigenvalue weighted by molar-refractivity contribution is -0.307. The zero-order valence-corrected chi connectivity index (χ0v) is 22.7. The molecule has 0 aliphatic carbocycles. The minimum atomic E-state index is -2.62. The smallest absolute Gasteiger partial charge is 0.261 e. The number of benzene rings is 2. The number of carbonyl (C=O) groups excluding carboxylic acids is 1. The van der Waals surface area contributed by atoms with E-state index in [9.17, 15) is 4.79 Å². The number of aldehydes is 1. The Morgan fingerprint density at radius 2 is 1.60 bits per heavy atom. The normalized spacial score (nSPS) is 29.1. The molecule has 35 heavy (non-hydrogen) atoms. The highest BCUT2D eigenvalue weighted by molar-refractivity contribution is 6.99. The quantitative estimate of drug-likeness (QED) is 0.379. The third-order valence-corrected chi connectivity index (χ3v) is 12.8. The summed E-state index contributed by atoms with van der Waals surface area (Å²) in [4.78, 5) is 11.0. The predicted octanol–water partition coefficient (Wildman–Crippen LogP) is 4.47. The van der Waals surface area contributed by atoms with E-state index >= 15 is 0 Å². The molecule has 6 heteroatoms. The fourth-order valence-corrected chi connectivity index (χ4v) is 10.6. The van der Waals surface area contributed by atoms with Crippen molar-refractivity contribution in [3.8, 4) is 0 Å². The van der Waals surface area contributed by atoms with Crippen LogP contribution >= 0.6 is 0 Å². The van der Waals surface area contributed by atoms with Crippen LogP contribution < -0.4 is 10.4 Å². The molecule has 5 nitrogen and oxygen atoms in total. The van der Waals surface area contributed by atoms with Crippen LogP contribution in [-0.2, 0) is 23.4 Å². The lowest BCUT2D eigenvalue weighted by atomic mass is 9.85. The van der Waals surface area contributed by atoms with E-state index in [2.05, 4.69) is 88.4 Å². The van der Waals surface area contributed by atoms with Gasteiger partial charge in [0.1, 0.15) is 6.29 Å². The molecule has 2 fully saturated rings. The summed E-state index contributed by atoms with van der Waals surface area (Å²) >= 11 is 0. The van der Waals surface area contributed by atoms with Crippen LogP contribution in [0.3, 0.4) is 0 Å². The van der Waals surface area contributed by atoms with Gasteiger partial charge in [0, 0.05) is 32.3 Å². The average Bonchev–Trinajstić information content (AvgIpc) is 3.24. The lowest BCUT2D eigenvalue weighted by Crippen LogP contribution is -2.67. The fourth-order valence-electron chi connectivity index (χ4n) is 6.04. The van der Waals surface area contributed by atoms with Gasteiger partial charge in [-0.1, -0.05) is 88.4 Å². The van der Waals surface area contributed by atoms with E-state index < -0.39 is 14.1 Å². The number of ether oxygens (including phenoxy) is 3. The molecule has 5 atom stereocenters. The Bertz CT molecular complexity index is 921. The van der Waals surface area contributed by atoms with Crippen molar-refractivity contribution < 1.29 is 23.4 Å². The van der Waals surface area contributed by atoms with E-state index in [0.29, 0.717) is 19.4 Å². The topological polar surface area (TPSA) is 54.0 Å². The Kier molecular flexibility index (Phi) is 7.98. The second-order valence-electron chi connectivity index (χ2n) is 11.0. The van der Waals surface area contributed by atoms with Crippen LogP contribution in [-0.4, -0.2) is 52.4 Å². The van der Waals surface area contributed by atoms with Crippen LogP contribution in [0.1, 0.15) is 53.4 Å². The second kappa shape index (κ2) is 10.6. The number of hydrogen-bond donors (Lipinski definition) is 0. The van der Waals surface area contributed by atoms with Crippen LogP contribution in [0.2, 0.25) is 5.04 Å². The van der Waals surface area contributed by atoms with E-state index in [1.807, 2.05) is 0 Å². The second-order valence-corrected chi connectivity index (χ2v) is 15.3. The summed E-state index contributed by atoms with van der Waals surface area (Å²) in [5.41, 5.74) is 0. The van der Waals surface area contributed by atoms with E-state index in [0.717, 1.165) is 19.1 Å². The van der Waals surface area contributed by atoms with Gasteiger partial charge in [-0.2, -0.15) is 0 Å². The third-order valence-electron chi connectivity index (χ3n) is 7.82. The van der Waals surface area contributed by atoms with Gasteiger partial charge in [0.25, 0.3) is 8.32 Å². The number of carbonyl (C=O) groups is 1. The maximum atomic E-state index is 11.0. The van der Waals surface area contributed by atoms with Crippen molar-refractivity contribution in [2.75, 3.05) is 13.7 Å². The molecular formula is C29H40O5Si. The maximum Gasteiger partial charge on any atom is 0.261 e. The molecule has 2 aromatic carbocycles. The molecule has 0 amide bonds. The van der Waals surface area contributed by atoms with Crippen molar-refractivity contribution in [3.05, 3.63) is 60.7 Å². The molecule has 0 saturated carbocycles. The van der Waals surface area contributed by atoms with E-state index in [-0.39, 0.29) is 29.3 Å². The molecule has 2 aliphatic heterocycles. The number of rotatable bonds is 9. The van der Waals surface area contributed by atoms with E-state index in [4.69, 9.17) is 18.6 Å². The molecule has 0 bridgehead atoms. The monoisotopic (exact) mass is 496 g/mol. The Morgan fingerprint density at radius 1 is 1.00 bits per heavy atom. The third kappa shape index (κ3) is 5.05. The summed E-state index contributed by atoms with van der Waals surface area (Å²) < 4.78 is 26.0. The lowest BCUT2D eigenvalue weighted by Gasteiger charge is -2.45. The minimum Gasteiger partial charge on any atom is -0.405 e. The first-order valence-corrected chi connectivity index (χ1v) is 14.7. The number of fused-ring (bicyclic) bond motifs is 1. The molecule has 2 aromatic rings. The molecule has 0 N–H and O–H groups in total. The minimum absolute atomic E-state index is 0.0252. The van der Waals surface area contributed by atoms with E-state index in [1.165, 1.54) is 10.4 Å². The highest BCUT2D eigenvalue weighted by Crippen LogP contribution is 2.44. The van der Waals surface area contributed by atoms with Gasteiger partial charge < -0.3 is 23.4 Å². The highest BCUT2D eigenvalue weighted by Gasteiger charge is 2.53. The first-order valence-electron chi connectivity index (χ1n) is 12.8. The van der Waals surface area contributed by atoms with Gasteiger partial charge in [0.15, 0.2) is 5.79 Å². The van der Waals surface area contributed by atoms with Gasteiger partial charge in [-0.15, -0.1) is 0 Å². The molecule has 4 rings (SSSR count). The van der Waals surface area contributed by atoms with Gasteiger partial charge >= 0.3 is 0 Å². The standard InChI is InChI=1S/C29H40O5Si/c1-22-19-26-27(34-29(22,31-5)17-12-18-30)20-23(33-26)21-32-35(28(2,3)4,24-13-8-6-9-14-24)25-15-10-7-11-16-25/h6-11,13-16,18,22-23,26-27H,12,17,19-21H2,1-5H3/t22-,23+,26-,27-,29+/m0/s1. The SMILES string of the molecule is CO[C@]1(CCC=O)O[C@H]2C[C@H](CO[Si](c3ccccc3)(c3ccccc3)C(C)(C)C)O[C@H]2C[C@@H]1C. The van der Waals surface area contributed by atoms with Gasteiger partial charge in [-0.05, 0) is 21.8 Å². The number of hydrogen-bond acceptors (Lipinski definition) is 5. The van der Waals surface area contributed by atoms with Crippen LogP contribution in [0.4, 0.5) is 0 Å². The van der Waals surface area contributed by atoms with Crippen molar-refractivity contribution in [1.29, 1.82) is 0 Å². The summed E-state index contributed by atoms with van der Waals surface area (Å²) in [6.07, 6.45) is 3.49. The fraction of sp³-hybridized carbons (Fsp3) is 0.552. The zero-order valence-electron chi connectivity index (χ0n) is 21.7. The van der Waals surface area contributed by atoms with Gasteiger partial charge in [0.2, 0.25) is 0 Å². The van der Waals surface area contributed by atoms with Crippen molar-refractivity contribution in [2.45, 2.75) is 82.5 Å². The van der Waals surface area contributed by atoms with Crippen molar-refractivity contribution in [1.82, 2.24) is 0 Å². The molecule has 0 spiro atoms. The van der Waals surface area contributed by atoms with Crippen LogP contribution in [0.25, 0.3) is 0 Å². The van der Waals surface area contributed by atoms with Gasteiger partial charge in [-0.3, -0.25) is 0 Å². The molecular weight excluding hydrogens is 456 g/mol. The number of methoxy groups -OCH3 is 1. The first-order chi connectivity index (χ1) is 16.8. The Hall–Kier alpha value is -1.83. The Morgan fingerprint density at radius 3 is 2.11 bits per heavy atom. The Labute approximate surface area is 211 Å². The summed E-state index contributed by atoms with van der Waals surface area (Å²) in [6.45, 7) is 9.52. The van der Waals surface area contributed by atoms with E-state index in [1.54, 1.807) is 7.11 Å². The Balaban J connectivity index is 1.57. The van der Waals surface area contributed by atoms with Gasteiger partial charge in [-0.25, -0.2) is 0 Å². The predicted molar refractivity (Wildman–Crippen MR) is 141 cm³/mol. The molecule has 0 unspecified atom stereocenters. The van der Waals surface area contributed by atoms with Gasteiger partial charge in [0.05, 0.1) is 24.9 Å². The summed E-state index contributed by atoms with van der Waals surface area (Å²) in [5, 5.41) is 2.46. The average molecular weight is 497 g/mol. The largest absolute Gasteiger partial charge is 0.405 e. The molecule has 0 radical (unpaired) electrons.